The maximum absolute atomic E-state index is 13.3. The summed E-state index contributed by atoms with van der Waals surface area (Å²) in [5.74, 6) is -0.435. The zero-order chi connectivity index (χ0) is 13.1. The smallest absolute Gasteiger partial charge is 0.142 e. The zero-order valence-electron chi connectivity index (χ0n) is 9.34. The fourth-order valence-electron chi connectivity index (χ4n) is 1.65. The van der Waals surface area contributed by atoms with Crippen LogP contribution in [-0.2, 0) is 6.42 Å². The minimum atomic E-state index is -0.435. The molecule has 0 saturated carbocycles. The molecule has 0 fully saturated rings. The van der Waals surface area contributed by atoms with Gasteiger partial charge in [-0.3, -0.25) is 0 Å². The fraction of sp³-hybridized carbons (Fsp3) is 0.143. The quantitative estimate of drug-likeness (QED) is 0.619. The Kier molecular flexibility index (Phi) is 4.66. The minimum Gasteiger partial charge on any atom is -0.205 e. The molecule has 0 nitrogen and oxygen atoms in total. The van der Waals surface area contributed by atoms with Crippen LogP contribution in [0.15, 0.2) is 46.9 Å². The molecule has 2 aromatic rings. The Morgan fingerprint density at radius 3 is 2.39 bits per heavy atom. The van der Waals surface area contributed by atoms with Crippen LogP contribution in [0, 0.1) is 5.82 Å². The van der Waals surface area contributed by atoms with Gasteiger partial charge in [-0.1, -0.05) is 45.7 Å². The van der Waals surface area contributed by atoms with Gasteiger partial charge in [0, 0.05) is 4.47 Å². The van der Waals surface area contributed by atoms with Gasteiger partial charge in [-0.15, -0.1) is 11.6 Å². The van der Waals surface area contributed by atoms with Crippen molar-refractivity contribution in [3.63, 3.8) is 0 Å². The number of hydrogen-bond donors (Lipinski definition) is 0. The van der Waals surface area contributed by atoms with Gasteiger partial charge in [0.1, 0.15) is 5.82 Å². The van der Waals surface area contributed by atoms with Crippen molar-refractivity contribution in [1.29, 1.82) is 0 Å². The first kappa shape index (κ1) is 13.9. The summed E-state index contributed by atoms with van der Waals surface area (Å²) in [5.41, 5.74) is 1.84. The van der Waals surface area contributed by atoms with Gasteiger partial charge in [0.05, 0.1) is 10.4 Å². The van der Waals surface area contributed by atoms with E-state index >= 15 is 0 Å². The Bertz CT molecular complexity index is 540. The van der Waals surface area contributed by atoms with E-state index in [1.807, 2.05) is 24.3 Å². The Labute approximate surface area is 124 Å². The lowest BCUT2D eigenvalue weighted by atomic mass is 10.0. The van der Waals surface area contributed by atoms with E-state index in [0.717, 1.165) is 15.6 Å². The highest BCUT2D eigenvalue weighted by atomic mass is 79.9. The van der Waals surface area contributed by atoms with Crippen molar-refractivity contribution in [1.82, 2.24) is 0 Å². The molecule has 0 aromatic heterocycles. The molecule has 0 saturated heterocycles. The first-order valence-electron chi connectivity index (χ1n) is 5.40. The number of halogens is 4. The van der Waals surface area contributed by atoms with Crippen molar-refractivity contribution in [2.75, 3.05) is 0 Å². The van der Waals surface area contributed by atoms with Crippen LogP contribution in [0.1, 0.15) is 16.5 Å². The molecule has 1 unspecified atom stereocenters. The number of hydrogen-bond acceptors (Lipinski definition) is 0. The Balaban J connectivity index is 2.13. The molecule has 0 heterocycles. The van der Waals surface area contributed by atoms with Crippen molar-refractivity contribution in [2.45, 2.75) is 11.8 Å². The summed E-state index contributed by atoms with van der Waals surface area (Å²) in [5, 5.41) is -0.149. The second-order valence-corrected chi connectivity index (χ2v) is 5.82. The van der Waals surface area contributed by atoms with Crippen molar-refractivity contribution in [3.8, 4) is 0 Å². The van der Waals surface area contributed by atoms with Crippen LogP contribution in [0.3, 0.4) is 0 Å². The summed E-state index contributed by atoms with van der Waals surface area (Å²) >= 11 is 15.3. The van der Waals surface area contributed by atoms with E-state index in [-0.39, 0.29) is 10.4 Å². The third kappa shape index (κ3) is 3.47. The molecule has 1 atom stereocenters. The highest BCUT2D eigenvalue weighted by molar-refractivity contribution is 9.10. The van der Waals surface area contributed by atoms with Gasteiger partial charge in [-0.05, 0) is 41.8 Å². The first-order chi connectivity index (χ1) is 8.56. The maximum atomic E-state index is 13.3. The van der Waals surface area contributed by atoms with E-state index in [4.69, 9.17) is 23.2 Å². The summed E-state index contributed by atoms with van der Waals surface area (Å²) in [4.78, 5) is 0. The van der Waals surface area contributed by atoms with E-state index in [9.17, 15) is 4.39 Å². The predicted molar refractivity (Wildman–Crippen MR) is 77.9 cm³/mol. The largest absolute Gasteiger partial charge is 0.205 e. The monoisotopic (exact) mass is 346 g/mol. The summed E-state index contributed by atoms with van der Waals surface area (Å²) in [7, 11) is 0. The van der Waals surface area contributed by atoms with Gasteiger partial charge in [0.2, 0.25) is 0 Å². The van der Waals surface area contributed by atoms with Crippen LogP contribution in [0.5, 0.6) is 0 Å². The van der Waals surface area contributed by atoms with E-state index in [0.29, 0.717) is 6.42 Å². The Hall–Kier alpha value is -0.570. The molecule has 0 spiro atoms. The molecule has 18 heavy (non-hydrogen) atoms. The topological polar surface area (TPSA) is 0 Å². The van der Waals surface area contributed by atoms with E-state index in [2.05, 4.69) is 15.9 Å². The van der Waals surface area contributed by atoms with Crippen LogP contribution in [-0.4, -0.2) is 0 Å². The maximum Gasteiger partial charge on any atom is 0.142 e. The van der Waals surface area contributed by atoms with Crippen LogP contribution in [0.25, 0.3) is 0 Å². The lowest BCUT2D eigenvalue weighted by molar-refractivity contribution is 0.625. The van der Waals surface area contributed by atoms with Crippen LogP contribution in [0.4, 0.5) is 4.39 Å². The minimum absolute atomic E-state index is 0.117. The third-order valence-corrected chi connectivity index (χ3v) is 3.87. The standard InChI is InChI=1S/C14H10BrCl2F/c15-11-4-1-9(2-5-11)7-13(17)10-3-6-12(16)14(18)8-10/h1-6,8,13H,7H2. The number of alkyl halides is 1. The summed E-state index contributed by atoms with van der Waals surface area (Å²) < 4.78 is 14.4. The molecule has 0 radical (unpaired) electrons. The third-order valence-electron chi connectivity index (χ3n) is 2.63. The average Bonchev–Trinajstić information content (AvgIpc) is 2.35. The van der Waals surface area contributed by atoms with Crippen molar-refractivity contribution in [3.05, 3.63) is 68.9 Å². The zero-order valence-corrected chi connectivity index (χ0v) is 12.4. The second-order valence-electron chi connectivity index (χ2n) is 3.97. The van der Waals surface area contributed by atoms with Crippen molar-refractivity contribution < 1.29 is 4.39 Å². The first-order valence-corrected chi connectivity index (χ1v) is 7.00. The predicted octanol–water partition coefficient (Wildman–Crippen LogP) is 5.76. The molecule has 0 aliphatic heterocycles. The number of benzene rings is 2. The van der Waals surface area contributed by atoms with Gasteiger partial charge >= 0.3 is 0 Å². The van der Waals surface area contributed by atoms with Gasteiger partial charge in [0.15, 0.2) is 0 Å². The molecule has 0 N–H and O–H groups in total. The molecular formula is C14H10BrCl2F. The molecular weight excluding hydrogens is 338 g/mol. The Morgan fingerprint density at radius 1 is 1.11 bits per heavy atom. The van der Waals surface area contributed by atoms with Gasteiger partial charge in [-0.25, -0.2) is 4.39 Å². The lowest BCUT2D eigenvalue weighted by Crippen LogP contribution is -1.96. The van der Waals surface area contributed by atoms with E-state index in [1.165, 1.54) is 12.1 Å². The fourth-order valence-corrected chi connectivity index (χ4v) is 2.35. The molecule has 0 aliphatic rings. The molecule has 0 bridgehead atoms. The van der Waals surface area contributed by atoms with E-state index in [1.54, 1.807) is 6.07 Å². The molecule has 94 valence electrons. The summed E-state index contributed by atoms with van der Waals surface area (Å²) in [6, 6.07) is 12.6. The summed E-state index contributed by atoms with van der Waals surface area (Å²) in [6.45, 7) is 0. The van der Waals surface area contributed by atoms with Gasteiger partial charge in [0.25, 0.3) is 0 Å². The van der Waals surface area contributed by atoms with Crippen molar-refractivity contribution in [2.24, 2.45) is 0 Å². The lowest BCUT2D eigenvalue weighted by Gasteiger charge is -2.10. The average molecular weight is 348 g/mol. The normalized spacial score (nSPS) is 12.4. The SMILES string of the molecule is Fc1cc(C(Cl)Cc2ccc(Br)cc2)ccc1Cl. The van der Waals surface area contributed by atoms with Crippen molar-refractivity contribution >= 4 is 39.1 Å². The van der Waals surface area contributed by atoms with Crippen LogP contribution < -0.4 is 0 Å². The Morgan fingerprint density at radius 2 is 1.78 bits per heavy atom. The number of rotatable bonds is 3. The highest BCUT2D eigenvalue weighted by Gasteiger charge is 2.11. The molecule has 0 aliphatic carbocycles. The van der Waals surface area contributed by atoms with Gasteiger partial charge < -0.3 is 0 Å². The van der Waals surface area contributed by atoms with Crippen LogP contribution in [0.2, 0.25) is 5.02 Å². The molecule has 2 rings (SSSR count). The van der Waals surface area contributed by atoms with Gasteiger partial charge in [-0.2, -0.15) is 0 Å². The highest BCUT2D eigenvalue weighted by Crippen LogP contribution is 2.28. The molecule has 2 aromatic carbocycles. The van der Waals surface area contributed by atoms with E-state index < -0.39 is 5.82 Å². The van der Waals surface area contributed by atoms with Crippen LogP contribution >= 0.6 is 39.1 Å². The molecule has 0 amide bonds. The summed E-state index contributed by atoms with van der Waals surface area (Å²) in [6.07, 6.45) is 0.649. The second kappa shape index (κ2) is 6.05. The molecule has 4 heteroatoms.